The number of allylic oxidation sites excluding steroid dienone is 1. The number of hydroxylamine groups is 1. The summed E-state index contributed by atoms with van der Waals surface area (Å²) >= 11 is 0. The molecule has 1 aromatic carbocycles. The first kappa shape index (κ1) is 28.7. The molecular formula is C20H27F2N5O3. The Labute approximate surface area is 174 Å². The van der Waals surface area contributed by atoms with Crippen LogP contribution in [0.15, 0.2) is 54.7 Å². The number of aliphatic imine (C=N–C) groups is 1. The first-order valence-electron chi connectivity index (χ1n) is 8.41. The Bertz CT molecular complexity index is 754. The summed E-state index contributed by atoms with van der Waals surface area (Å²) in [4.78, 5) is 24.5. The molecule has 0 radical (unpaired) electrons. The Morgan fingerprint density at radius 3 is 2.30 bits per heavy atom. The highest BCUT2D eigenvalue weighted by atomic mass is 19.3. The molecule has 0 aliphatic heterocycles. The van der Waals surface area contributed by atoms with E-state index in [0.717, 1.165) is 6.34 Å². The molecule has 30 heavy (non-hydrogen) atoms. The molecule has 0 aliphatic rings. The van der Waals surface area contributed by atoms with Gasteiger partial charge in [0, 0.05) is 29.4 Å². The van der Waals surface area contributed by atoms with E-state index in [4.69, 9.17) is 21.5 Å². The molecule has 0 aliphatic carbocycles. The lowest BCUT2D eigenvalue weighted by Crippen LogP contribution is -2.59. The molecule has 0 fully saturated rings. The molecule has 0 heterocycles. The Morgan fingerprint density at radius 1 is 1.33 bits per heavy atom. The van der Waals surface area contributed by atoms with E-state index < -0.39 is 23.9 Å². The number of alkyl halides is 2. The highest BCUT2D eigenvalue weighted by Crippen LogP contribution is 2.17. The average Bonchev–Trinajstić information content (AvgIpc) is 2.75. The van der Waals surface area contributed by atoms with Gasteiger partial charge in [-0.15, -0.1) is 13.2 Å². The lowest BCUT2D eigenvalue weighted by Gasteiger charge is -2.31. The third-order valence-corrected chi connectivity index (χ3v) is 3.50. The summed E-state index contributed by atoms with van der Waals surface area (Å²) in [5.41, 5.74) is 11.1. The van der Waals surface area contributed by atoms with E-state index in [-0.39, 0.29) is 6.41 Å². The van der Waals surface area contributed by atoms with Gasteiger partial charge in [0.05, 0.1) is 11.9 Å². The molecule has 2 amide bonds. The van der Waals surface area contributed by atoms with E-state index in [1.165, 1.54) is 31.6 Å². The van der Waals surface area contributed by atoms with Crippen LogP contribution in [0.3, 0.4) is 0 Å². The van der Waals surface area contributed by atoms with Crippen LogP contribution >= 0.6 is 0 Å². The highest BCUT2D eigenvalue weighted by Gasteiger charge is 2.37. The van der Waals surface area contributed by atoms with Crippen LogP contribution in [0.4, 0.5) is 8.78 Å². The summed E-state index contributed by atoms with van der Waals surface area (Å²) in [7, 11) is 0. The Morgan fingerprint density at radius 2 is 1.87 bits per heavy atom. The van der Waals surface area contributed by atoms with Gasteiger partial charge in [0.25, 0.3) is 12.3 Å². The van der Waals surface area contributed by atoms with Gasteiger partial charge in [-0.2, -0.15) is 0 Å². The Kier molecular flexibility index (Phi) is 15.7. The van der Waals surface area contributed by atoms with E-state index in [0.29, 0.717) is 11.1 Å². The predicted octanol–water partition coefficient (Wildman–Crippen LogP) is 1.56. The number of nitrogens with one attached hydrogen (secondary N) is 2. The number of nitrogens with zero attached hydrogens (tertiary/aromatic N) is 1. The van der Waals surface area contributed by atoms with Crippen molar-refractivity contribution in [1.29, 1.82) is 0 Å². The van der Waals surface area contributed by atoms with Gasteiger partial charge in [-0.25, -0.2) is 19.3 Å². The van der Waals surface area contributed by atoms with Gasteiger partial charge in [-0.1, -0.05) is 11.8 Å². The fraction of sp³-hybridized carbons (Fsp3) is 0.250. The molecule has 0 spiro atoms. The van der Waals surface area contributed by atoms with Crippen LogP contribution in [0.25, 0.3) is 0 Å². The predicted molar refractivity (Wildman–Crippen MR) is 113 cm³/mol. The maximum Gasteiger partial charge on any atom is 0.257 e. The number of amides is 2. The largest absolute Gasteiger partial charge is 0.390 e. The van der Waals surface area contributed by atoms with Crippen LogP contribution in [0, 0.1) is 11.8 Å². The molecule has 7 N–H and O–H groups in total. The van der Waals surface area contributed by atoms with Crippen molar-refractivity contribution < 1.29 is 23.6 Å². The second-order valence-electron chi connectivity index (χ2n) is 5.57. The Hall–Kier alpha value is -3.55. The van der Waals surface area contributed by atoms with Crippen LogP contribution in [-0.2, 0) is 4.79 Å². The number of hydrogen-bond acceptors (Lipinski definition) is 5. The van der Waals surface area contributed by atoms with Gasteiger partial charge >= 0.3 is 0 Å². The smallest absolute Gasteiger partial charge is 0.257 e. The first-order valence-corrected chi connectivity index (χ1v) is 8.41. The second kappa shape index (κ2) is 16.4. The van der Waals surface area contributed by atoms with E-state index in [9.17, 15) is 13.6 Å². The zero-order chi connectivity index (χ0) is 23.6. The maximum absolute atomic E-state index is 12.9. The number of rotatable bonds is 6. The summed E-state index contributed by atoms with van der Waals surface area (Å²) < 4.78 is 25.7. The summed E-state index contributed by atoms with van der Waals surface area (Å²) in [6, 6.07) is 5.54. The fourth-order valence-corrected chi connectivity index (χ4v) is 1.58. The van der Waals surface area contributed by atoms with Crippen molar-refractivity contribution in [2.75, 3.05) is 0 Å². The van der Waals surface area contributed by atoms with Crippen LogP contribution in [0.2, 0.25) is 0 Å². The molecule has 8 nitrogen and oxygen atoms in total. The third-order valence-electron chi connectivity index (χ3n) is 3.50. The van der Waals surface area contributed by atoms with Crippen molar-refractivity contribution in [1.82, 2.24) is 10.8 Å². The summed E-state index contributed by atoms with van der Waals surface area (Å²) in [5.74, 6) is 5.12. The topological polar surface area (TPSA) is 143 Å². The van der Waals surface area contributed by atoms with Gasteiger partial charge in [0.1, 0.15) is 0 Å². The van der Waals surface area contributed by atoms with E-state index in [1.54, 1.807) is 24.3 Å². The standard InChI is InChI=1S/C17H20F2N4O.C2H4.CH3NO2/c1-12(17(2,21)16(18)19)23-15(24)14-8-6-13(7-9-14)5-3-4-10-22-11-20;1-2;3-1-2-4/h4,6-12,16H,21H2,1-2H3,(H2,20,22)(H,23,24);1-2H2;1,4H,(H,2,3)/b10-4+;;. The van der Waals surface area contributed by atoms with Crippen molar-refractivity contribution in [3.63, 3.8) is 0 Å². The van der Waals surface area contributed by atoms with Gasteiger partial charge in [-0.3, -0.25) is 14.8 Å². The fourth-order valence-electron chi connectivity index (χ4n) is 1.58. The number of carbonyl (C=O) groups excluding carboxylic acids is 2. The van der Waals surface area contributed by atoms with Crippen molar-refractivity contribution in [3.05, 3.63) is 60.8 Å². The minimum absolute atomic E-state index is 0.181. The minimum Gasteiger partial charge on any atom is -0.390 e. The molecule has 0 saturated carbocycles. The lowest BCUT2D eigenvalue weighted by molar-refractivity contribution is -0.116. The molecule has 0 aromatic heterocycles. The van der Waals surface area contributed by atoms with Crippen LogP contribution in [0.1, 0.15) is 29.8 Å². The molecule has 164 valence electrons. The summed E-state index contributed by atoms with van der Waals surface area (Å²) in [6.07, 6.45) is 1.55. The van der Waals surface area contributed by atoms with Gasteiger partial charge < -0.3 is 16.8 Å². The Balaban J connectivity index is 0. The average molecular weight is 423 g/mol. The van der Waals surface area contributed by atoms with Crippen LogP contribution in [0.5, 0.6) is 0 Å². The van der Waals surface area contributed by atoms with Crippen molar-refractivity contribution in [2.24, 2.45) is 16.5 Å². The third kappa shape index (κ3) is 11.3. The highest BCUT2D eigenvalue weighted by molar-refractivity contribution is 5.94. The van der Waals surface area contributed by atoms with Crippen LogP contribution < -0.4 is 22.3 Å². The normalized spacial score (nSPS) is 12.9. The van der Waals surface area contributed by atoms with E-state index in [1.807, 2.05) is 0 Å². The zero-order valence-corrected chi connectivity index (χ0v) is 16.8. The summed E-state index contributed by atoms with van der Waals surface area (Å²) in [5, 5.41) is 9.74. The molecule has 0 bridgehead atoms. The molecular weight excluding hydrogens is 396 g/mol. The number of nitrogens with two attached hydrogens (primary N) is 2. The number of benzene rings is 1. The summed E-state index contributed by atoms with van der Waals surface area (Å²) in [6.45, 7) is 8.64. The molecule has 1 rings (SSSR count). The molecule has 2 unspecified atom stereocenters. The number of halogens is 2. The molecule has 2 atom stereocenters. The van der Waals surface area contributed by atoms with Gasteiger partial charge in [0.2, 0.25) is 6.41 Å². The SMILES string of the molecule is C=C.CC(NC(=O)c1ccc(C#C/C=C/N=CN)cc1)C(C)(N)C(F)F.O=CNO. The first-order chi connectivity index (χ1) is 14.2. The molecule has 0 saturated heterocycles. The van der Waals surface area contributed by atoms with Gasteiger partial charge in [0.15, 0.2) is 0 Å². The van der Waals surface area contributed by atoms with E-state index in [2.05, 4.69) is 35.3 Å². The lowest BCUT2D eigenvalue weighted by atomic mass is 9.95. The zero-order valence-electron chi connectivity index (χ0n) is 16.8. The minimum atomic E-state index is -2.75. The van der Waals surface area contributed by atoms with Crippen molar-refractivity contribution >= 4 is 18.7 Å². The maximum atomic E-state index is 12.9. The van der Waals surface area contributed by atoms with E-state index >= 15 is 0 Å². The number of carbonyl (C=O) groups is 2. The van der Waals surface area contributed by atoms with Gasteiger partial charge in [-0.05, 0) is 38.1 Å². The van der Waals surface area contributed by atoms with Crippen molar-refractivity contribution in [2.45, 2.75) is 31.9 Å². The molecule has 10 heteroatoms. The second-order valence-corrected chi connectivity index (χ2v) is 5.57. The van der Waals surface area contributed by atoms with Crippen LogP contribution in [-0.4, -0.2) is 41.9 Å². The quantitative estimate of drug-likeness (QED) is 0.0898. The monoisotopic (exact) mass is 423 g/mol. The number of hydrogen-bond donors (Lipinski definition) is 5. The van der Waals surface area contributed by atoms with Crippen molar-refractivity contribution in [3.8, 4) is 11.8 Å². The molecule has 1 aromatic rings.